The maximum Gasteiger partial charge on any atom is 0.254 e. The van der Waals surface area contributed by atoms with Crippen molar-refractivity contribution in [1.29, 1.82) is 0 Å². The summed E-state index contributed by atoms with van der Waals surface area (Å²) in [4.78, 5) is 33.6. The molecule has 3 aromatic rings. The number of carbonyl (C=O) groups is 2. The number of nitrogens with zero attached hydrogens (tertiary/aromatic N) is 2. The van der Waals surface area contributed by atoms with Crippen LogP contribution in [0, 0.1) is 6.92 Å². The summed E-state index contributed by atoms with van der Waals surface area (Å²) in [6.07, 6.45) is 0. The number of rotatable bonds is 7. The van der Waals surface area contributed by atoms with Gasteiger partial charge in [0.25, 0.3) is 5.91 Å². The van der Waals surface area contributed by atoms with E-state index in [9.17, 15) is 14.7 Å². The van der Waals surface area contributed by atoms with Gasteiger partial charge in [-0.05, 0) is 44.2 Å². The van der Waals surface area contributed by atoms with Gasteiger partial charge in [0.15, 0.2) is 11.4 Å². The number of primary amides is 1. The number of aryl methyl sites for hydroxylation is 1. The topological polar surface area (TPSA) is 115 Å². The summed E-state index contributed by atoms with van der Waals surface area (Å²) < 4.78 is 5.26. The first-order valence-electron chi connectivity index (χ1n) is 8.33. The Bertz CT molecular complexity index is 1060. The van der Waals surface area contributed by atoms with Crippen LogP contribution in [-0.2, 0) is 10.4 Å². The number of carbonyl (C=O) groups excluding carboxylic acids is 2. The first-order chi connectivity index (χ1) is 13.2. The van der Waals surface area contributed by atoms with Gasteiger partial charge in [-0.2, -0.15) is 0 Å². The largest absolute Gasteiger partial charge is 0.497 e. The Balaban J connectivity index is 1.82. The fraction of sp³-hybridized carbons (Fsp3) is 0.263. The standard InChI is InChI=1S/C19H19N3O4S2/c1-10-21-13-5-4-11(26-3)8-12(13)17(22-10)27-9-14(23)15-6-7-16(28-15)19(2,25)18(20)24/h4-8,25H,9H2,1-3H3,(H2,20,24)/t19-/m1/s1. The molecule has 3 N–H and O–H groups in total. The highest BCUT2D eigenvalue weighted by molar-refractivity contribution is 8.00. The molecule has 0 aliphatic heterocycles. The van der Waals surface area contributed by atoms with Crippen molar-refractivity contribution in [2.45, 2.75) is 24.5 Å². The SMILES string of the molecule is COc1ccc2nc(C)nc(SCC(=O)c3ccc([C@@](C)(O)C(N)=O)s3)c2c1. The van der Waals surface area contributed by atoms with E-state index in [1.165, 1.54) is 18.7 Å². The molecule has 0 bridgehead atoms. The number of Topliss-reactive ketones (excluding diaryl/α,β-unsaturated/α-hetero) is 1. The van der Waals surface area contributed by atoms with Crippen LogP contribution in [0.3, 0.4) is 0 Å². The maximum absolute atomic E-state index is 12.6. The zero-order chi connectivity index (χ0) is 20.5. The van der Waals surface area contributed by atoms with Gasteiger partial charge in [-0.1, -0.05) is 11.8 Å². The number of fused-ring (bicyclic) bond motifs is 1. The molecule has 146 valence electrons. The number of amides is 1. The van der Waals surface area contributed by atoms with E-state index < -0.39 is 11.5 Å². The van der Waals surface area contributed by atoms with Gasteiger partial charge in [-0.3, -0.25) is 9.59 Å². The van der Waals surface area contributed by atoms with Crippen LogP contribution in [0.1, 0.15) is 27.3 Å². The van der Waals surface area contributed by atoms with Gasteiger partial charge in [0.05, 0.1) is 23.3 Å². The molecular formula is C19H19N3O4S2. The summed E-state index contributed by atoms with van der Waals surface area (Å²) in [5.74, 6) is 0.461. The predicted octanol–water partition coefficient (Wildman–Crippen LogP) is 2.68. The summed E-state index contributed by atoms with van der Waals surface area (Å²) >= 11 is 2.36. The summed E-state index contributed by atoms with van der Waals surface area (Å²) in [5.41, 5.74) is 4.20. The number of aliphatic hydroxyl groups is 1. The number of ketones is 1. The van der Waals surface area contributed by atoms with Crippen LogP contribution in [0.2, 0.25) is 0 Å². The third kappa shape index (κ3) is 4.01. The summed E-state index contributed by atoms with van der Waals surface area (Å²) in [6.45, 7) is 3.11. The Morgan fingerprint density at radius 2 is 2.04 bits per heavy atom. The minimum Gasteiger partial charge on any atom is -0.497 e. The van der Waals surface area contributed by atoms with E-state index in [-0.39, 0.29) is 11.5 Å². The lowest BCUT2D eigenvalue weighted by atomic mass is 10.1. The molecule has 0 aliphatic rings. The Morgan fingerprint density at radius 1 is 1.29 bits per heavy atom. The van der Waals surface area contributed by atoms with Crippen molar-refractivity contribution in [2.24, 2.45) is 5.73 Å². The van der Waals surface area contributed by atoms with Gasteiger partial charge in [-0.15, -0.1) is 11.3 Å². The molecule has 1 amide bonds. The Kier molecular flexibility index (Phi) is 5.69. The first-order valence-corrected chi connectivity index (χ1v) is 10.1. The van der Waals surface area contributed by atoms with E-state index in [1.807, 2.05) is 18.2 Å². The molecule has 2 heterocycles. The highest BCUT2D eigenvalue weighted by Crippen LogP contribution is 2.31. The number of aromatic nitrogens is 2. The molecule has 0 spiro atoms. The number of hydrogen-bond acceptors (Lipinski definition) is 8. The summed E-state index contributed by atoms with van der Waals surface area (Å²) in [6, 6.07) is 8.66. The molecular weight excluding hydrogens is 398 g/mol. The lowest BCUT2D eigenvalue weighted by Crippen LogP contribution is -2.37. The van der Waals surface area contributed by atoms with Crippen LogP contribution >= 0.6 is 23.1 Å². The van der Waals surface area contributed by atoms with Crippen molar-refractivity contribution in [3.8, 4) is 5.75 Å². The second-order valence-electron chi connectivity index (χ2n) is 6.27. The van der Waals surface area contributed by atoms with Gasteiger partial charge in [0.2, 0.25) is 0 Å². The van der Waals surface area contributed by atoms with Crippen LogP contribution in [0.5, 0.6) is 5.75 Å². The van der Waals surface area contributed by atoms with Crippen molar-refractivity contribution in [2.75, 3.05) is 12.9 Å². The third-order valence-electron chi connectivity index (χ3n) is 4.16. The van der Waals surface area contributed by atoms with Gasteiger partial charge >= 0.3 is 0 Å². The third-order valence-corrected chi connectivity index (χ3v) is 6.49. The number of thioether (sulfide) groups is 1. The molecule has 28 heavy (non-hydrogen) atoms. The second kappa shape index (κ2) is 7.86. The quantitative estimate of drug-likeness (QED) is 0.345. The Morgan fingerprint density at radius 3 is 2.71 bits per heavy atom. The minimum absolute atomic E-state index is 0.131. The average Bonchev–Trinajstić information content (AvgIpc) is 3.16. The number of methoxy groups -OCH3 is 1. The maximum atomic E-state index is 12.6. The molecule has 0 unspecified atom stereocenters. The van der Waals surface area contributed by atoms with Crippen LogP contribution in [-0.4, -0.2) is 39.6 Å². The van der Waals surface area contributed by atoms with E-state index in [1.54, 1.807) is 26.2 Å². The highest BCUT2D eigenvalue weighted by Gasteiger charge is 2.32. The van der Waals surface area contributed by atoms with E-state index in [0.717, 1.165) is 22.2 Å². The van der Waals surface area contributed by atoms with E-state index >= 15 is 0 Å². The lowest BCUT2D eigenvalue weighted by Gasteiger charge is -2.16. The first kappa shape index (κ1) is 20.2. The summed E-state index contributed by atoms with van der Waals surface area (Å²) in [5, 5.41) is 11.7. The fourth-order valence-electron chi connectivity index (χ4n) is 2.50. The van der Waals surface area contributed by atoms with Gasteiger partial charge < -0.3 is 15.6 Å². The molecule has 1 atom stereocenters. The van der Waals surface area contributed by atoms with Crippen molar-refractivity contribution in [3.05, 3.63) is 45.9 Å². The van der Waals surface area contributed by atoms with Crippen LogP contribution in [0.4, 0.5) is 0 Å². The van der Waals surface area contributed by atoms with E-state index in [2.05, 4.69) is 9.97 Å². The van der Waals surface area contributed by atoms with Crippen molar-refractivity contribution in [3.63, 3.8) is 0 Å². The van der Waals surface area contributed by atoms with Crippen molar-refractivity contribution in [1.82, 2.24) is 9.97 Å². The average molecular weight is 418 g/mol. The molecule has 1 aromatic carbocycles. The molecule has 0 fully saturated rings. The van der Waals surface area contributed by atoms with Crippen LogP contribution in [0.15, 0.2) is 35.4 Å². The molecule has 9 heteroatoms. The second-order valence-corrected chi connectivity index (χ2v) is 8.32. The fourth-order valence-corrected chi connectivity index (χ4v) is 4.53. The molecule has 0 saturated heterocycles. The van der Waals surface area contributed by atoms with Gasteiger partial charge in [0.1, 0.15) is 16.6 Å². The number of benzene rings is 1. The predicted molar refractivity (Wildman–Crippen MR) is 109 cm³/mol. The smallest absolute Gasteiger partial charge is 0.254 e. The Labute approximate surface area is 169 Å². The van der Waals surface area contributed by atoms with Crippen LogP contribution < -0.4 is 10.5 Å². The summed E-state index contributed by atoms with van der Waals surface area (Å²) in [7, 11) is 1.59. The zero-order valence-corrected chi connectivity index (χ0v) is 17.2. The molecule has 0 aliphatic carbocycles. The van der Waals surface area contributed by atoms with E-state index in [4.69, 9.17) is 10.5 Å². The van der Waals surface area contributed by atoms with Crippen LogP contribution in [0.25, 0.3) is 10.9 Å². The normalized spacial score (nSPS) is 13.3. The minimum atomic E-state index is -1.80. The highest BCUT2D eigenvalue weighted by atomic mass is 32.2. The van der Waals surface area contributed by atoms with Gasteiger partial charge in [-0.25, -0.2) is 9.97 Å². The number of thiophene rings is 1. The Hall–Kier alpha value is -2.49. The van der Waals surface area contributed by atoms with Crippen molar-refractivity contribution >= 4 is 45.7 Å². The molecule has 0 radical (unpaired) electrons. The molecule has 3 rings (SSSR count). The monoisotopic (exact) mass is 417 g/mol. The molecule has 7 nitrogen and oxygen atoms in total. The lowest BCUT2D eigenvalue weighted by molar-refractivity contribution is -0.135. The molecule has 2 aromatic heterocycles. The number of hydrogen-bond donors (Lipinski definition) is 2. The van der Waals surface area contributed by atoms with Gasteiger partial charge in [0, 0.05) is 10.3 Å². The van der Waals surface area contributed by atoms with E-state index in [0.29, 0.717) is 26.4 Å². The molecule has 0 saturated carbocycles. The number of nitrogens with two attached hydrogens (primary N) is 1. The van der Waals surface area contributed by atoms with Crippen molar-refractivity contribution < 1.29 is 19.4 Å². The number of ether oxygens (including phenoxy) is 1. The zero-order valence-electron chi connectivity index (χ0n) is 15.6.